The van der Waals surface area contributed by atoms with E-state index < -0.39 is 12.1 Å². The molecule has 0 aromatic rings. The number of urea groups is 1. The van der Waals surface area contributed by atoms with Crippen molar-refractivity contribution in [1.82, 2.24) is 16.0 Å². The number of nitrogens with one attached hydrogen (secondary N) is 3. The number of carbonyl (C=O) groups excluding carboxylic acids is 3. The van der Waals surface area contributed by atoms with Gasteiger partial charge < -0.3 is 21.7 Å². The molecule has 5 N–H and O–H groups in total. The van der Waals surface area contributed by atoms with Crippen LogP contribution in [0.4, 0.5) is 4.79 Å². The number of primary amides is 1. The van der Waals surface area contributed by atoms with E-state index in [-0.39, 0.29) is 35.1 Å². The van der Waals surface area contributed by atoms with Gasteiger partial charge in [0, 0.05) is 18.0 Å². The molecule has 2 atom stereocenters. The molecule has 0 radical (unpaired) electrons. The second-order valence-electron chi connectivity index (χ2n) is 8.17. The van der Waals surface area contributed by atoms with Gasteiger partial charge >= 0.3 is 6.03 Å². The van der Waals surface area contributed by atoms with Crippen molar-refractivity contribution in [2.24, 2.45) is 17.6 Å². The van der Waals surface area contributed by atoms with Crippen molar-refractivity contribution in [2.45, 2.75) is 78.9 Å². The highest BCUT2D eigenvalue weighted by molar-refractivity contribution is 5.91. The Morgan fingerprint density at radius 3 is 2.00 bits per heavy atom. The van der Waals surface area contributed by atoms with Gasteiger partial charge in [-0.05, 0) is 39.5 Å². The predicted octanol–water partition coefficient (Wildman–Crippen LogP) is 1.56. The minimum absolute atomic E-state index is 0.00862. The summed E-state index contributed by atoms with van der Waals surface area (Å²) in [6.07, 6.45) is 1.02. The van der Waals surface area contributed by atoms with Gasteiger partial charge in [0.1, 0.15) is 0 Å². The van der Waals surface area contributed by atoms with Crippen LogP contribution < -0.4 is 21.7 Å². The molecule has 0 aromatic carbocycles. The van der Waals surface area contributed by atoms with E-state index in [2.05, 4.69) is 16.0 Å². The van der Waals surface area contributed by atoms with Gasteiger partial charge in [-0.1, -0.05) is 27.7 Å². The average Bonchev–Trinajstić information content (AvgIpc) is 2.45. The quantitative estimate of drug-likeness (QED) is 0.445. The zero-order valence-electron chi connectivity index (χ0n) is 16.7. The summed E-state index contributed by atoms with van der Waals surface area (Å²) in [4.78, 5) is 35.9. The minimum Gasteiger partial charge on any atom is -0.352 e. The Morgan fingerprint density at radius 2 is 1.60 bits per heavy atom. The van der Waals surface area contributed by atoms with Gasteiger partial charge in [-0.3, -0.25) is 9.59 Å². The first-order chi connectivity index (χ1) is 11.3. The fourth-order valence-electron chi connectivity index (χ4n) is 2.47. The SMILES string of the molecule is CC(C)C(=O)[C@H](CCCNC(N)=O)NC(=O)[C@@H](NC(C)(C)C)C(C)C. The first-order valence-corrected chi connectivity index (χ1v) is 9.00. The van der Waals surface area contributed by atoms with Crippen molar-refractivity contribution < 1.29 is 14.4 Å². The number of carbonyl (C=O) groups is 3. The smallest absolute Gasteiger partial charge is 0.312 e. The number of Topliss-reactive ketones (excluding diaryl/α,β-unsaturated/α-hetero) is 1. The highest BCUT2D eigenvalue weighted by Gasteiger charge is 2.30. The monoisotopic (exact) mass is 356 g/mol. The molecule has 0 aliphatic carbocycles. The molecule has 0 spiro atoms. The van der Waals surface area contributed by atoms with Crippen LogP contribution in [-0.2, 0) is 9.59 Å². The van der Waals surface area contributed by atoms with Gasteiger partial charge in [-0.2, -0.15) is 0 Å². The maximum absolute atomic E-state index is 12.7. The van der Waals surface area contributed by atoms with E-state index in [0.29, 0.717) is 19.4 Å². The Bertz CT molecular complexity index is 456. The number of hydrogen-bond acceptors (Lipinski definition) is 4. The molecule has 0 saturated heterocycles. The van der Waals surface area contributed by atoms with Gasteiger partial charge in [0.2, 0.25) is 5.91 Å². The lowest BCUT2D eigenvalue weighted by atomic mass is 9.95. The Kier molecular flexibility index (Phi) is 9.70. The zero-order valence-corrected chi connectivity index (χ0v) is 16.7. The predicted molar refractivity (Wildman–Crippen MR) is 100 cm³/mol. The topological polar surface area (TPSA) is 113 Å². The van der Waals surface area contributed by atoms with Crippen molar-refractivity contribution in [1.29, 1.82) is 0 Å². The van der Waals surface area contributed by atoms with E-state index in [9.17, 15) is 14.4 Å². The third-order valence-electron chi connectivity index (χ3n) is 3.74. The maximum Gasteiger partial charge on any atom is 0.312 e. The van der Waals surface area contributed by atoms with Crippen molar-refractivity contribution in [3.05, 3.63) is 0 Å². The van der Waals surface area contributed by atoms with E-state index in [1.807, 2.05) is 48.5 Å². The van der Waals surface area contributed by atoms with Crippen molar-refractivity contribution >= 4 is 17.7 Å². The van der Waals surface area contributed by atoms with E-state index in [0.717, 1.165) is 0 Å². The van der Waals surface area contributed by atoms with Gasteiger partial charge in [0.25, 0.3) is 0 Å². The summed E-state index contributed by atoms with van der Waals surface area (Å²) in [6.45, 7) is 14.0. The van der Waals surface area contributed by atoms with Gasteiger partial charge in [0.15, 0.2) is 5.78 Å². The molecular formula is C18H36N4O3. The first kappa shape index (κ1) is 23.4. The van der Waals surface area contributed by atoms with E-state index in [4.69, 9.17) is 5.73 Å². The molecule has 0 fully saturated rings. The number of ketones is 1. The summed E-state index contributed by atoms with van der Waals surface area (Å²) in [6, 6.07) is -1.54. The molecule has 0 aromatic heterocycles. The third kappa shape index (κ3) is 10.1. The molecule has 25 heavy (non-hydrogen) atoms. The lowest BCUT2D eigenvalue weighted by molar-refractivity contribution is -0.131. The molecule has 0 heterocycles. The van der Waals surface area contributed by atoms with Crippen LogP contribution in [0.1, 0.15) is 61.3 Å². The lowest BCUT2D eigenvalue weighted by Gasteiger charge is -2.31. The summed E-state index contributed by atoms with van der Waals surface area (Å²) in [5, 5.41) is 8.71. The first-order valence-electron chi connectivity index (χ1n) is 9.00. The van der Waals surface area contributed by atoms with Crippen LogP contribution in [0.25, 0.3) is 0 Å². The highest BCUT2D eigenvalue weighted by atomic mass is 16.2. The van der Waals surface area contributed by atoms with Crippen molar-refractivity contribution in [3.8, 4) is 0 Å². The number of rotatable bonds is 10. The summed E-state index contributed by atoms with van der Waals surface area (Å²) >= 11 is 0. The second kappa shape index (κ2) is 10.4. The second-order valence-corrected chi connectivity index (χ2v) is 8.17. The van der Waals surface area contributed by atoms with Crippen molar-refractivity contribution in [2.75, 3.05) is 6.54 Å². The Balaban J connectivity index is 4.97. The lowest BCUT2D eigenvalue weighted by Crippen LogP contribution is -2.57. The Morgan fingerprint density at radius 1 is 1.04 bits per heavy atom. The summed E-state index contributed by atoms with van der Waals surface area (Å²) in [5.41, 5.74) is 4.82. The maximum atomic E-state index is 12.7. The molecule has 7 nitrogen and oxygen atoms in total. The van der Waals surface area contributed by atoms with Crippen LogP contribution in [0.15, 0.2) is 0 Å². The fraction of sp³-hybridized carbons (Fsp3) is 0.833. The van der Waals surface area contributed by atoms with Crippen molar-refractivity contribution in [3.63, 3.8) is 0 Å². The third-order valence-corrected chi connectivity index (χ3v) is 3.74. The molecule has 146 valence electrons. The van der Waals surface area contributed by atoms with Crippen LogP contribution in [0.5, 0.6) is 0 Å². The molecule has 7 heteroatoms. The molecule has 0 aliphatic rings. The molecule has 0 saturated carbocycles. The standard InChI is InChI=1S/C18H36N4O3/c1-11(2)14(22-18(5,6)7)16(24)21-13(15(23)12(3)4)9-8-10-20-17(19)25/h11-14,22H,8-10H2,1-7H3,(H,21,24)(H3,19,20,25)/t13-,14-/m0/s1. The normalized spacial score (nSPS) is 14.3. The summed E-state index contributed by atoms with van der Waals surface area (Å²) in [5.74, 6) is -0.273. The largest absolute Gasteiger partial charge is 0.352 e. The Labute approximate surface area is 151 Å². The van der Waals surface area contributed by atoms with E-state index in [1.165, 1.54) is 0 Å². The highest BCUT2D eigenvalue weighted by Crippen LogP contribution is 2.11. The van der Waals surface area contributed by atoms with E-state index in [1.54, 1.807) is 0 Å². The zero-order chi connectivity index (χ0) is 19.8. The minimum atomic E-state index is -0.593. The van der Waals surface area contributed by atoms with Gasteiger partial charge in [-0.15, -0.1) is 0 Å². The van der Waals surface area contributed by atoms with Crippen LogP contribution in [-0.4, -0.2) is 41.9 Å². The number of hydrogen-bond donors (Lipinski definition) is 4. The Hall–Kier alpha value is -1.63. The molecule has 0 unspecified atom stereocenters. The molecule has 0 aliphatic heterocycles. The van der Waals surface area contributed by atoms with Crippen LogP contribution >= 0.6 is 0 Å². The van der Waals surface area contributed by atoms with Gasteiger partial charge in [0.05, 0.1) is 12.1 Å². The average molecular weight is 357 g/mol. The fourth-order valence-corrected chi connectivity index (χ4v) is 2.47. The summed E-state index contributed by atoms with van der Waals surface area (Å²) < 4.78 is 0. The molecule has 3 amide bonds. The number of nitrogens with two attached hydrogens (primary N) is 1. The van der Waals surface area contributed by atoms with Crippen LogP contribution in [0.3, 0.4) is 0 Å². The van der Waals surface area contributed by atoms with E-state index >= 15 is 0 Å². The summed E-state index contributed by atoms with van der Waals surface area (Å²) in [7, 11) is 0. The van der Waals surface area contributed by atoms with Gasteiger partial charge in [-0.25, -0.2) is 4.79 Å². The molecule has 0 bridgehead atoms. The van der Waals surface area contributed by atoms with Crippen LogP contribution in [0.2, 0.25) is 0 Å². The van der Waals surface area contributed by atoms with Crippen LogP contribution in [0, 0.1) is 11.8 Å². The molecular weight excluding hydrogens is 320 g/mol. The number of amides is 3. The molecule has 0 rings (SSSR count).